The quantitative estimate of drug-likeness (QED) is 0.0224. The Morgan fingerprint density at radius 3 is 1.91 bits per heavy atom. The molecule has 0 aliphatic carbocycles. The minimum atomic E-state index is -2.05. The number of halogens is 4. The molecule has 10 atom stereocenters. The van der Waals surface area contributed by atoms with Crippen LogP contribution in [0, 0.1) is 23.3 Å². The van der Waals surface area contributed by atoms with Gasteiger partial charge in [0.25, 0.3) is 5.91 Å². The molecule has 0 aromatic heterocycles. The highest BCUT2D eigenvalue weighted by Gasteiger charge is 2.50. The van der Waals surface area contributed by atoms with Crippen molar-refractivity contribution >= 4 is 11.6 Å². The molecular weight excluding hydrogens is 656 g/mol. The zero-order chi connectivity index (χ0) is 34.8. The molecule has 3 rings (SSSR count). The second-order valence-corrected chi connectivity index (χ2v) is 10.0. The Morgan fingerprint density at radius 2 is 1.32 bits per heavy atom. The van der Waals surface area contributed by atoms with Crippen LogP contribution in [0.15, 0.2) is 5.11 Å². The molecule has 22 heteroatoms. The maximum Gasteiger partial charge on any atom is 0.257 e. The molecule has 266 valence electrons. The first kappa shape index (κ1) is 38.6. The molecule has 1 aromatic rings. The Balaban J connectivity index is 1.35. The van der Waals surface area contributed by atoms with Gasteiger partial charge in [0, 0.05) is 11.5 Å². The van der Waals surface area contributed by atoms with E-state index in [0.29, 0.717) is 0 Å². The predicted octanol–water partition coefficient (Wildman–Crippen LogP) is -2.41. The van der Waals surface area contributed by atoms with E-state index in [2.05, 4.69) is 10.0 Å². The number of rotatable bonds is 16. The Bertz CT molecular complexity index is 1220. The summed E-state index contributed by atoms with van der Waals surface area (Å²) in [5, 5.41) is 74.6. The first-order valence-electron chi connectivity index (χ1n) is 13.9. The van der Waals surface area contributed by atoms with Gasteiger partial charge in [0.1, 0.15) is 60.1 Å². The second-order valence-electron chi connectivity index (χ2n) is 10.0. The van der Waals surface area contributed by atoms with Crippen molar-refractivity contribution in [3.8, 4) is 0 Å². The van der Waals surface area contributed by atoms with E-state index in [0.717, 1.165) is 0 Å². The smallest absolute Gasteiger partial charge is 0.257 e. The third-order valence-electron chi connectivity index (χ3n) is 6.99. The largest absolute Gasteiger partial charge is 0.394 e. The summed E-state index contributed by atoms with van der Waals surface area (Å²) in [7, 11) is 0. The molecule has 8 N–H and O–H groups in total. The lowest BCUT2D eigenvalue weighted by Crippen LogP contribution is -2.64. The van der Waals surface area contributed by atoms with Gasteiger partial charge in [0.05, 0.1) is 46.2 Å². The number of carbonyl (C=O) groups is 1. The highest BCUT2D eigenvalue weighted by Crippen LogP contribution is 2.31. The summed E-state index contributed by atoms with van der Waals surface area (Å²) in [5.41, 5.74) is 5.15. The van der Waals surface area contributed by atoms with Crippen molar-refractivity contribution in [2.45, 2.75) is 61.4 Å². The van der Waals surface area contributed by atoms with Crippen molar-refractivity contribution in [2.75, 3.05) is 52.8 Å². The Labute approximate surface area is 262 Å². The first-order chi connectivity index (χ1) is 22.4. The summed E-state index contributed by atoms with van der Waals surface area (Å²) in [5.74, 6) is -9.66. The second kappa shape index (κ2) is 18.1. The fourth-order valence-corrected chi connectivity index (χ4v) is 4.52. The van der Waals surface area contributed by atoms with Gasteiger partial charge in [-0.1, -0.05) is 5.11 Å². The van der Waals surface area contributed by atoms with Gasteiger partial charge in [0.15, 0.2) is 35.8 Å². The molecule has 18 nitrogen and oxygen atoms in total. The van der Waals surface area contributed by atoms with E-state index in [1.807, 2.05) is 5.32 Å². The standard InChI is InChI=1S/C25H34F4N4O14/c26-12-11(13(27)15(29)16(14(12)28)32-33-30)23(41)31-1-2-42-3-4-43-5-6-44-24-21(40)19(38)22(10(8-35)46-24)47-25-20(39)18(37)17(36)9(7-34)45-25/h9-10,17-22,24-25,34-40H,1-8H2,(H,31,41)/t9?,10?,17-,18-,19+,20?,21?,22+,24+,25-/m0/s1. The van der Waals surface area contributed by atoms with Crippen molar-refractivity contribution in [1.82, 2.24) is 5.32 Å². The van der Waals surface area contributed by atoms with Gasteiger partial charge >= 0.3 is 0 Å². The number of nitrogens with zero attached hydrogens (tertiary/aromatic N) is 3. The van der Waals surface area contributed by atoms with Crippen LogP contribution in [0.5, 0.6) is 0 Å². The number of ether oxygens (including phenoxy) is 6. The third-order valence-corrected chi connectivity index (χ3v) is 6.99. The summed E-state index contributed by atoms with van der Waals surface area (Å²) in [6.07, 6.45) is -16.0. The van der Waals surface area contributed by atoms with E-state index >= 15 is 0 Å². The number of amides is 1. The zero-order valence-corrected chi connectivity index (χ0v) is 24.3. The van der Waals surface area contributed by atoms with Crippen LogP contribution in [0.2, 0.25) is 0 Å². The first-order valence-corrected chi connectivity index (χ1v) is 13.9. The number of hydrogen-bond acceptors (Lipinski definition) is 15. The summed E-state index contributed by atoms with van der Waals surface area (Å²) in [4.78, 5) is 14.1. The van der Waals surface area contributed by atoms with Gasteiger partial charge < -0.3 is 69.5 Å². The molecule has 1 amide bonds. The lowest BCUT2D eigenvalue weighted by atomic mass is 9.97. The molecule has 0 radical (unpaired) electrons. The lowest BCUT2D eigenvalue weighted by molar-refractivity contribution is -0.359. The summed E-state index contributed by atoms with van der Waals surface area (Å²) >= 11 is 0. The van der Waals surface area contributed by atoms with Crippen molar-refractivity contribution in [2.24, 2.45) is 5.11 Å². The number of nitrogens with one attached hydrogen (secondary N) is 1. The van der Waals surface area contributed by atoms with Gasteiger partial charge in [-0.05, 0) is 5.53 Å². The van der Waals surface area contributed by atoms with Crippen LogP contribution < -0.4 is 5.32 Å². The molecular formula is C25H34F4N4O14. The van der Waals surface area contributed by atoms with Crippen molar-refractivity contribution in [3.05, 3.63) is 39.3 Å². The van der Waals surface area contributed by atoms with Crippen LogP contribution in [0.1, 0.15) is 10.4 Å². The summed E-state index contributed by atoms with van der Waals surface area (Å²) in [6.45, 7) is -2.36. The van der Waals surface area contributed by atoms with E-state index in [-0.39, 0.29) is 39.6 Å². The summed E-state index contributed by atoms with van der Waals surface area (Å²) in [6, 6.07) is 0. The summed E-state index contributed by atoms with van der Waals surface area (Å²) < 4.78 is 87.7. The number of aliphatic hydroxyl groups is 7. The van der Waals surface area contributed by atoms with E-state index in [1.165, 1.54) is 0 Å². The molecule has 2 fully saturated rings. The van der Waals surface area contributed by atoms with Gasteiger partial charge in [-0.25, -0.2) is 17.6 Å². The van der Waals surface area contributed by atoms with E-state index in [9.17, 15) is 58.1 Å². The third kappa shape index (κ3) is 9.22. The average Bonchev–Trinajstić information content (AvgIpc) is 3.06. The minimum absolute atomic E-state index is 0.0250. The SMILES string of the molecule is [N-]=[N+]=Nc1c(F)c(F)c(C(=O)NCCOCCOCCO[C@@H]2OC(CO)[C@@H](O[C@@H]3OC(CO)[C@H](O)[C@H](O)C3O)[C@H](O)C2O)c(F)c1F. The highest BCUT2D eigenvalue weighted by atomic mass is 19.2. The zero-order valence-electron chi connectivity index (χ0n) is 24.3. The van der Waals surface area contributed by atoms with Gasteiger partial charge in [-0.3, -0.25) is 4.79 Å². The van der Waals surface area contributed by atoms with Gasteiger partial charge in [-0.15, -0.1) is 0 Å². The van der Waals surface area contributed by atoms with Crippen LogP contribution in [-0.4, -0.2) is 156 Å². The monoisotopic (exact) mass is 690 g/mol. The minimum Gasteiger partial charge on any atom is -0.394 e. The van der Waals surface area contributed by atoms with Crippen LogP contribution in [0.4, 0.5) is 23.2 Å². The maximum atomic E-state index is 14.0. The van der Waals surface area contributed by atoms with Gasteiger partial charge in [-0.2, -0.15) is 0 Å². The molecule has 1 aromatic carbocycles. The molecule has 2 aliphatic heterocycles. The number of benzene rings is 1. The Hall–Kier alpha value is -2.80. The van der Waals surface area contributed by atoms with E-state index in [1.54, 1.807) is 0 Å². The molecule has 0 saturated carbocycles. The van der Waals surface area contributed by atoms with E-state index < -0.39 is 115 Å². The molecule has 0 bridgehead atoms. The van der Waals surface area contributed by atoms with Crippen LogP contribution in [0.3, 0.4) is 0 Å². The van der Waals surface area contributed by atoms with E-state index in [4.69, 9.17) is 34.0 Å². The normalized spacial score (nSPS) is 31.0. The number of azide groups is 1. The highest BCUT2D eigenvalue weighted by molar-refractivity contribution is 5.95. The van der Waals surface area contributed by atoms with Crippen LogP contribution >= 0.6 is 0 Å². The topological polar surface area (TPSA) is 275 Å². The predicted molar refractivity (Wildman–Crippen MR) is 141 cm³/mol. The van der Waals surface area contributed by atoms with Crippen molar-refractivity contribution in [1.29, 1.82) is 0 Å². The molecule has 47 heavy (non-hydrogen) atoms. The molecule has 2 saturated heterocycles. The average molecular weight is 691 g/mol. The molecule has 4 unspecified atom stereocenters. The number of aliphatic hydroxyl groups excluding tert-OH is 7. The molecule has 0 spiro atoms. The van der Waals surface area contributed by atoms with Crippen molar-refractivity contribution < 1.29 is 86.5 Å². The fraction of sp³-hybridized carbons (Fsp3) is 0.720. The number of hydrogen-bond donors (Lipinski definition) is 8. The molecule has 2 aliphatic rings. The fourth-order valence-electron chi connectivity index (χ4n) is 4.52. The van der Waals surface area contributed by atoms with Gasteiger partial charge in [0.2, 0.25) is 0 Å². The number of carbonyl (C=O) groups excluding carboxylic acids is 1. The Kier molecular flexibility index (Phi) is 14.9. The van der Waals surface area contributed by atoms with Crippen LogP contribution in [-0.2, 0) is 28.4 Å². The van der Waals surface area contributed by atoms with Crippen molar-refractivity contribution in [3.63, 3.8) is 0 Å². The van der Waals surface area contributed by atoms with Crippen LogP contribution in [0.25, 0.3) is 10.4 Å². The molecule has 2 heterocycles. The Morgan fingerprint density at radius 1 is 0.766 bits per heavy atom. The lowest BCUT2D eigenvalue weighted by Gasteiger charge is -2.45. The maximum absolute atomic E-state index is 14.0.